The number of allylic oxidation sites excluding steroid dienone is 3. The molecule has 0 bridgehead atoms. The molecule has 3 aromatic carbocycles. The van der Waals surface area contributed by atoms with E-state index in [1.165, 1.54) is 45.6 Å². The highest BCUT2D eigenvalue weighted by Gasteiger charge is 2.16. The van der Waals surface area contributed by atoms with Crippen LogP contribution in [0.3, 0.4) is 0 Å². The molecule has 3 rings (SSSR count). The number of ether oxygens (including phenoxy) is 5. The Bertz CT molecular complexity index is 1350. The lowest BCUT2D eigenvalue weighted by molar-refractivity contribution is -0.116. The van der Waals surface area contributed by atoms with E-state index in [-0.39, 0.29) is 17.1 Å². The molecule has 0 spiro atoms. The first kappa shape index (κ1) is 28.6. The molecule has 202 valence electrons. The number of phenols is 1. The zero-order valence-electron chi connectivity index (χ0n) is 22.4. The Morgan fingerprint density at radius 1 is 0.615 bits per heavy atom. The van der Waals surface area contributed by atoms with Crippen LogP contribution in [0.25, 0.3) is 18.2 Å². The number of phenolic OH excluding ortho intramolecular Hbond substituents is 1. The summed E-state index contributed by atoms with van der Waals surface area (Å²) in [7, 11) is 7.54. The molecule has 0 saturated heterocycles. The molecule has 0 unspecified atom stereocenters. The number of carbonyl (C=O) groups excluding carboxylic acids is 2. The van der Waals surface area contributed by atoms with Gasteiger partial charge in [-0.15, -0.1) is 0 Å². The first-order valence-electron chi connectivity index (χ1n) is 11.8. The van der Waals surface area contributed by atoms with Crippen molar-refractivity contribution >= 4 is 29.8 Å². The monoisotopic (exact) mass is 530 g/mol. The van der Waals surface area contributed by atoms with Crippen LogP contribution in [0, 0.1) is 0 Å². The summed E-state index contributed by atoms with van der Waals surface area (Å²) in [5.74, 6) is 1.27. The van der Waals surface area contributed by atoms with Crippen LogP contribution < -0.4 is 23.7 Å². The predicted octanol–water partition coefficient (Wildman–Crippen LogP) is 5.38. The highest BCUT2D eigenvalue weighted by molar-refractivity contribution is 6.31. The van der Waals surface area contributed by atoms with Crippen molar-refractivity contribution in [1.82, 2.24) is 0 Å². The molecule has 0 aliphatic carbocycles. The highest BCUT2D eigenvalue weighted by atomic mass is 16.5. The van der Waals surface area contributed by atoms with Crippen LogP contribution in [0.1, 0.15) is 16.7 Å². The van der Waals surface area contributed by atoms with E-state index in [2.05, 4.69) is 0 Å². The van der Waals surface area contributed by atoms with Gasteiger partial charge in [-0.05, 0) is 72.3 Å². The van der Waals surface area contributed by atoms with Gasteiger partial charge in [0, 0.05) is 23.3 Å². The number of ketones is 2. The van der Waals surface area contributed by atoms with E-state index in [0.29, 0.717) is 39.7 Å². The minimum atomic E-state index is -0.542. The zero-order valence-corrected chi connectivity index (χ0v) is 22.4. The van der Waals surface area contributed by atoms with E-state index in [4.69, 9.17) is 23.7 Å². The van der Waals surface area contributed by atoms with E-state index < -0.39 is 11.6 Å². The average molecular weight is 531 g/mol. The predicted molar refractivity (Wildman–Crippen MR) is 150 cm³/mol. The molecule has 0 saturated carbocycles. The summed E-state index contributed by atoms with van der Waals surface area (Å²) in [5.41, 5.74) is 1.57. The van der Waals surface area contributed by atoms with Crippen LogP contribution >= 0.6 is 0 Å². The molecule has 3 aromatic rings. The fourth-order valence-electron chi connectivity index (χ4n) is 3.65. The smallest absolute Gasteiger partial charge is 0.189 e. The Kier molecular flexibility index (Phi) is 9.92. The Morgan fingerprint density at radius 3 is 1.51 bits per heavy atom. The fourth-order valence-corrected chi connectivity index (χ4v) is 3.65. The lowest BCUT2D eigenvalue weighted by Gasteiger charge is -2.08. The highest BCUT2D eigenvalue weighted by Crippen LogP contribution is 2.29. The number of carbonyl (C=O) groups is 2. The van der Waals surface area contributed by atoms with Crippen LogP contribution in [0.15, 0.2) is 72.3 Å². The molecule has 0 fully saturated rings. The van der Waals surface area contributed by atoms with Crippen LogP contribution in [-0.2, 0) is 9.59 Å². The van der Waals surface area contributed by atoms with Crippen molar-refractivity contribution in [2.24, 2.45) is 0 Å². The van der Waals surface area contributed by atoms with Crippen molar-refractivity contribution in [1.29, 1.82) is 0 Å². The first-order chi connectivity index (χ1) is 18.8. The van der Waals surface area contributed by atoms with Crippen molar-refractivity contribution in [3.8, 4) is 34.5 Å². The number of methoxy groups -OCH3 is 5. The van der Waals surface area contributed by atoms with Crippen molar-refractivity contribution in [3.05, 3.63) is 89.0 Å². The Morgan fingerprint density at radius 2 is 1.10 bits per heavy atom. The van der Waals surface area contributed by atoms with Gasteiger partial charge in [0.05, 0.1) is 41.1 Å². The second kappa shape index (κ2) is 13.5. The molecule has 0 heterocycles. The maximum absolute atomic E-state index is 13.3. The van der Waals surface area contributed by atoms with E-state index in [0.717, 1.165) is 0 Å². The van der Waals surface area contributed by atoms with Gasteiger partial charge in [0.2, 0.25) is 0 Å². The maximum Gasteiger partial charge on any atom is 0.189 e. The second-order valence-corrected chi connectivity index (χ2v) is 8.10. The molecular weight excluding hydrogens is 500 g/mol. The Hall–Kier alpha value is -4.98. The number of hydrogen-bond acceptors (Lipinski definition) is 8. The molecule has 39 heavy (non-hydrogen) atoms. The van der Waals surface area contributed by atoms with E-state index in [1.807, 2.05) is 0 Å². The van der Waals surface area contributed by atoms with Crippen LogP contribution in [0.2, 0.25) is 0 Å². The molecule has 1 N–H and O–H groups in total. The van der Waals surface area contributed by atoms with Gasteiger partial charge in [-0.3, -0.25) is 9.59 Å². The number of aromatic hydroxyl groups is 1. The zero-order chi connectivity index (χ0) is 28.4. The van der Waals surface area contributed by atoms with E-state index in [9.17, 15) is 14.7 Å². The normalized spacial score (nSPS) is 10.8. The lowest BCUT2D eigenvalue weighted by atomic mass is 10.00. The van der Waals surface area contributed by atoms with Gasteiger partial charge in [-0.25, -0.2) is 0 Å². The van der Waals surface area contributed by atoms with Gasteiger partial charge in [0.15, 0.2) is 23.1 Å². The summed E-state index contributed by atoms with van der Waals surface area (Å²) in [6.45, 7) is 0. The standard InChI is InChI=1S/C31H30O8/c1-35-23-11-7-21(30(18-23)38-4)9-13-26(32)25(16-20-6-15-29(37-3)28(34)17-20)27(33)14-10-22-8-12-24(36-2)19-31(22)39-5/h6-19,34H,1-5H3/b13-9+,14-10+. The minimum Gasteiger partial charge on any atom is -0.504 e. The molecule has 0 aliphatic heterocycles. The van der Waals surface area contributed by atoms with Crippen molar-refractivity contribution in [3.63, 3.8) is 0 Å². The van der Waals surface area contributed by atoms with Crippen molar-refractivity contribution < 1.29 is 38.4 Å². The number of rotatable bonds is 12. The van der Waals surface area contributed by atoms with Crippen LogP contribution in [-0.4, -0.2) is 52.2 Å². The Labute approximate surface area is 227 Å². The second-order valence-electron chi connectivity index (χ2n) is 8.10. The third kappa shape index (κ3) is 7.29. The van der Waals surface area contributed by atoms with Gasteiger partial charge in [0.1, 0.15) is 23.0 Å². The summed E-state index contributed by atoms with van der Waals surface area (Å²) in [6.07, 6.45) is 7.11. The molecule has 0 aromatic heterocycles. The van der Waals surface area contributed by atoms with Gasteiger partial charge in [-0.2, -0.15) is 0 Å². The number of hydrogen-bond donors (Lipinski definition) is 1. The van der Waals surface area contributed by atoms with Crippen LogP contribution in [0.5, 0.6) is 34.5 Å². The summed E-state index contributed by atoms with van der Waals surface area (Å²) in [5, 5.41) is 10.2. The third-order valence-corrected chi connectivity index (χ3v) is 5.75. The molecular formula is C31H30O8. The quantitative estimate of drug-likeness (QED) is 0.189. The summed E-state index contributed by atoms with van der Waals surface area (Å²) in [4.78, 5) is 26.6. The largest absolute Gasteiger partial charge is 0.504 e. The van der Waals surface area contributed by atoms with Crippen molar-refractivity contribution in [2.45, 2.75) is 0 Å². The van der Waals surface area contributed by atoms with Crippen molar-refractivity contribution in [2.75, 3.05) is 35.5 Å². The summed E-state index contributed by atoms with van der Waals surface area (Å²) >= 11 is 0. The van der Waals surface area contributed by atoms with Gasteiger partial charge < -0.3 is 28.8 Å². The van der Waals surface area contributed by atoms with Gasteiger partial charge in [0.25, 0.3) is 0 Å². The molecule has 8 heteroatoms. The topological polar surface area (TPSA) is 101 Å². The molecule has 0 radical (unpaired) electrons. The van der Waals surface area contributed by atoms with E-state index >= 15 is 0 Å². The molecule has 0 aliphatic rings. The molecule has 0 atom stereocenters. The summed E-state index contributed by atoms with van der Waals surface area (Å²) < 4.78 is 26.3. The minimum absolute atomic E-state index is 0.118. The number of benzene rings is 3. The maximum atomic E-state index is 13.3. The fraction of sp³-hybridized carbons (Fsp3) is 0.161. The molecule has 8 nitrogen and oxygen atoms in total. The van der Waals surface area contributed by atoms with Gasteiger partial charge in [-0.1, -0.05) is 6.07 Å². The van der Waals surface area contributed by atoms with E-state index in [1.54, 1.807) is 74.9 Å². The summed E-state index contributed by atoms with van der Waals surface area (Å²) in [6, 6.07) is 14.9. The first-order valence-corrected chi connectivity index (χ1v) is 11.8. The van der Waals surface area contributed by atoms with Gasteiger partial charge >= 0.3 is 0 Å². The Balaban J connectivity index is 1.99. The lowest BCUT2D eigenvalue weighted by Crippen LogP contribution is -2.08. The van der Waals surface area contributed by atoms with Crippen LogP contribution in [0.4, 0.5) is 0 Å². The molecule has 0 amide bonds. The average Bonchev–Trinajstić information content (AvgIpc) is 2.97. The SMILES string of the molecule is COc1ccc(/C=C/C(=O)C(=Cc2ccc(OC)c(O)c2)C(=O)/C=C/c2ccc(OC)cc2OC)c(OC)c1. The third-order valence-electron chi connectivity index (χ3n) is 5.75.